The van der Waals surface area contributed by atoms with Crippen LogP contribution in [0, 0.1) is 17.0 Å². The molecule has 8 heteroatoms. The zero-order valence-corrected chi connectivity index (χ0v) is 8.89. The topological polar surface area (TPSA) is 127 Å². The number of amides is 3. The second-order valence-electron chi connectivity index (χ2n) is 3.17. The Morgan fingerprint density at radius 3 is 2.53 bits per heavy atom. The first kappa shape index (κ1) is 12.4. The van der Waals surface area contributed by atoms with Gasteiger partial charge in [0, 0.05) is 5.56 Å². The van der Waals surface area contributed by atoms with E-state index in [2.05, 4.69) is 0 Å². The predicted octanol–water partition coefficient (Wildman–Crippen LogP) is 0.216. The third-order valence-corrected chi connectivity index (χ3v) is 1.96. The van der Waals surface area contributed by atoms with Crippen molar-refractivity contribution in [3.63, 3.8) is 0 Å². The van der Waals surface area contributed by atoms with Gasteiger partial charge in [-0.3, -0.25) is 20.3 Å². The number of carbonyl (C=O) groups is 2. The minimum Gasteiger partial charge on any atom is -0.350 e. The highest BCUT2D eigenvalue weighted by Crippen LogP contribution is 2.22. The smallest absolute Gasteiger partial charge is 0.330 e. The van der Waals surface area contributed by atoms with Gasteiger partial charge in [0.05, 0.1) is 4.92 Å². The molecule has 0 unspecified atom stereocenters. The Balaban J connectivity index is 3.05. The Morgan fingerprint density at radius 1 is 1.35 bits per heavy atom. The van der Waals surface area contributed by atoms with Gasteiger partial charge in [-0.15, -0.1) is 0 Å². The summed E-state index contributed by atoms with van der Waals surface area (Å²) in [7, 11) is 0. The third kappa shape index (κ3) is 2.91. The molecule has 1 aromatic carbocycles. The summed E-state index contributed by atoms with van der Waals surface area (Å²) in [4.78, 5) is 32.1. The van der Waals surface area contributed by atoms with Gasteiger partial charge in [-0.1, -0.05) is 12.1 Å². The van der Waals surface area contributed by atoms with Crippen LogP contribution in [0.2, 0.25) is 0 Å². The van der Waals surface area contributed by atoms with Crippen LogP contribution in [0.15, 0.2) is 18.2 Å². The Bertz CT molecular complexity index is 486. The number of hydrogen-bond donors (Lipinski definition) is 3. The lowest BCUT2D eigenvalue weighted by molar-refractivity contribution is -0.385. The average molecular weight is 238 g/mol. The maximum absolute atomic E-state index is 11.5. The minimum absolute atomic E-state index is 0.149. The number of primary amides is 1. The van der Waals surface area contributed by atoms with Crippen molar-refractivity contribution in [3.8, 4) is 0 Å². The van der Waals surface area contributed by atoms with Crippen LogP contribution in [0.4, 0.5) is 10.5 Å². The van der Waals surface area contributed by atoms with Crippen LogP contribution in [-0.4, -0.2) is 16.9 Å². The summed E-state index contributed by atoms with van der Waals surface area (Å²) in [5.74, 6) is -0.806. The summed E-state index contributed by atoms with van der Waals surface area (Å²) in [5.41, 5.74) is 8.44. The number of benzene rings is 1. The lowest BCUT2D eigenvalue weighted by Gasteiger charge is -2.06. The number of nitrogens with zero attached hydrogens (tertiary/aromatic N) is 1. The SMILES string of the molecule is Cc1cccc(C(=O)NNC(N)=O)c1[N+](=O)[O-]. The lowest BCUT2D eigenvalue weighted by Crippen LogP contribution is -2.44. The number of carbonyl (C=O) groups excluding carboxylic acids is 2. The summed E-state index contributed by atoms with van der Waals surface area (Å²) >= 11 is 0. The van der Waals surface area contributed by atoms with Crippen molar-refractivity contribution in [2.75, 3.05) is 0 Å². The van der Waals surface area contributed by atoms with Crippen LogP contribution in [-0.2, 0) is 0 Å². The number of nitro groups is 1. The second-order valence-corrected chi connectivity index (χ2v) is 3.17. The molecule has 3 amide bonds. The number of hydrogen-bond acceptors (Lipinski definition) is 4. The van der Waals surface area contributed by atoms with Gasteiger partial charge in [-0.05, 0) is 13.0 Å². The third-order valence-electron chi connectivity index (χ3n) is 1.96. The number of hydrazine groups is 1. The van der Waals surface area contributed by atoms with Crippen molar-refractivity contribution in [3.05, 3.63) is 39.4 Å². The molecule has 0 spiro atoms. The Labute approximate surface area is 95.9 Å². The molecule has 0 radical (unpaired) electrons. The monoisotopic (exact) mass is 238 g/mol. The quantitative estimate of drug-likeness (QED) is 0.502. The van der Waals surface area contributed by atoms with Crippen molar-refractivity contribution in [2.24, 2.45) is 5.73 Å². The highest BCUT2D eigenvalue weighted by molar-refractivity contribution is 5.99. The number of urea groups is 1. The van der Waals surface area contributed by atoms with E-state index in [0.29, 0.717) is 5.56 Å². The standard InChI is InChI=1S/C9H10N4O4/c1-5-3-2-4-6(7(5)13(16)17)8(14)11-12-9(10)15/h2-4H,1H3,(H,11,14)(H3,10,12,15). The average Bonchev–Trinajstić information content (AvgIpc) is 2.24. The molecular formula is C9H10N4O4. The van der Waals surface area contributed by atoms with Gasteiger partial charge in [0.15, 0.2) is 0 Å². The van der Waals surface area contributed by atoms with Crippen LogP contribution in [0.25, 0.3) is 0 Å². The summed E-state index contributed by atoms with van der Waals surface area (Å²) < 4.78 is 0. The zero-order valence-electron chi connectivity index (χ0n) is 8.89. The van der Waals surface area contributed by atoms with E-state index in [0.717, 1.165) is 0 Å². The number of nitro benzene ring substituents is 1. The van der Waals surface area contributed by atoms with Crippen LogP contribution < -0.4 is 16.6 Å². The molecule has 17 heavy (non-hydrogen) atoms. The molecule has 0 aliphatic carbocycles. The normalized spacial score (nSPS) is 9.47. The van der Waals surface area contributed by atoms with Gasteiger partial charge in [0.25, 0.3) is 11.6 Å². The van der Waals surface area contributed by atoms with Gasteiger partial charge in [-0.25, -0.2) is 10.2 Å². The second kappa shape index (κ2) is 4.92. The van der Waals surface area contributed by atoms with Crippen LogP contribution in [0.1, 0.15) is 15.9 Å². The van der Waals surface area contributed by atoms with E-state index in [-0.39, 0.29) is 11.3 Å². The van der Waals surface area contributed by atoms with Crippen molar-refractivity contribution in [2.45, 2.75) is 6.92 Å². The van der Waals surface area contributed by atoms with Crippen molar-refractivity contribution in [1.29, 1.82) is 0 Å². The van der Waals surface area contributed by atoms with Crippen LogP contribution in [0.5, 0.6) is 0 Å². The molecule has 0 aliphatic heterocycles. The fourth-order valence-electron chi connectivity index (χ4n) is 1.27. The number of nitrogens with one attached hydrogen (secondary N) is 2. The van der Waals surface area contributed by atoms with Gasteiger partial charge in [0.2, 0.25) is 0 Å². The van der Waals surface area contributed by atoms with Crippen molar-refractivity contribution < 1.29 is 14.5 Å². The molecule has 0 fully saturated rings. The molecule has 0 aromatic heterocycles. The first-order chi connectivity index (χ1) is 7.93. The highest BCUT2D eigenvalue weighted by atomic mass is 16.6. The Hall–Kier alpha value is -2.64. The largest absolute Gasteiger partial charge is 0.350 e. The number of aryl methyl sites for hydroxylation is 1. The highest BCUT2D eigenvalue weighted by Gasteiger charge is 2.22. The summed E-state index contributed by atoms with van der Waals surface area (Å²) in [6, 6.07) is 3.33. The molecule has 90 valence electrons. The molecule has 1 rings (SSSR count). The van der Waals surface area contributed by atoms with E-state index >= 15 is 0 Å². The summed E-state index contributed by atoms with van der Waals surface area (Å²) in [6.45, 7) is 1.51. The number of rotatable bonds is 2. The maximum Gasteiger partial charge on any atom is 0.330 e. The molecule has 0 atom stereocenters. The van der Waals surface area contributed by atoms with Gasteiger partial charge in [0.1, 0.15) is 5.56 Å². The van der Waals surface area contributed by atoms with Crippen molar-refractivity contribution >= 4 is 17.6 Å². The summed E-state index contributed by atoms with van der Waals surface area (Å²) in [6.07, 6.45) is 0. The lowest BCUT2D eigenvalue weighted by atomic mass is 10.1. The van der Waals surface area contributed by atoms with E-state index < -0.39 is 16.9 Å². The molecular weight excluding hydrogens is 228 g/mol. The Kier molecular flexibility index (Phi) is 3.60. The fourth-order valence-corrected chi connectivity index (χ4v) is 1.27. The molecule has 1 aromatic rings. The number of para-hydroxylation sites is 1. The van der Waals surface area contributed by atoms with Gasteiger partial charge >= 0.3 is 6.03 Å². The van der Waals surface area contributed by atoms with Crippen LogP contribution in [0.3, 0.4) is 0 Å². The minimum atomic E-state index is -0.964. The molecule has 8 nitrogen and oxygen atoms in total. The fraction of sp³-hybridized carbons (Fsp3) is 0.111. The predicted molar refractivity (Wildman–Crippen MR) is 58.0 cm³/mol. The molecule has 0 saturated carbocycles. The molecule has 0 aliphatic rings. The maximum atomic E-state index is 11.5. The first-order valence-corrected chi connectivity index (χ1v) is 4.53. The molecule has 0 saturated heterocycles. The van der Waals surface area contributed by atoms with E-state index in [1.807, 2.05) is 10.9 Å². The van der Waals surface area contributed by atoms with Gasteiger partial charge < -0.3 is 5.73 Å². The van der Waals surface area contributed by atoms with E-state index in [1.165, 1.54) is 25.1 Å². The van der Waals surface area contributed by atoms with E-state index in [4.69, 9.17) is 5.73 Å². The van der Waals surface area contributed by atoms with Gasteiger partial charge in [-0.2, -0.15) is 0 Å². The van der Waals surface area contributed by atoms with E-state index in [9.17, 15) is 19.7 Å². The zero-order chi connectivity index (χ0) is 13.0. The first-order valence-electron chi connectivity index (χ1n) is 4.53. The van der Waals surface area contributed by atoms with Crippen molar-refractivity contribution in [1.82, 2.24) is 10.9 Å². The molecule has 0 bridgehead atoms. The van der Waals surface area contributed by atoms with E-state index in [1.54, 1.807) is 0 Å². The summed E-state index contributed by atoms with van der Waals surface area (Å²) in [5, 5.41) is 10.8. The molecule has 4 N–H and O–H groups in total. The van der Waals surface area contributed by atoms with Crippen LogP contribution >= 0.6 is 0 Å². The Morgan fingerprint density at radius 2 is 2.00 bits per heavy atom. The molecule has 0 heterocycles. The number of nitrogens with two attached hydrogens (primary N) is 1.